The first-order valence-corrected chi connectivity index (χ1v) is 5.63. The Morgan fingerprint density at radius 2 is 1.94 bits per heavy atom. The Balaban J connectivity index is 1.99. The minimum absolute atomic E-state index is 0.0507. The van der Waals surface area contributed by atoms with Crippen LogP contribution in [-0.2, 0) is 13.6 Å². The van der Waals surface area contributed by atoms with Crippen molar-refractivity contribution < 1.29 is 5.11 Å². The topological polar surface area (TPSA) is 47.2 Å². The van der Waals surface area contributed by atoms with Crippen LogP contribution in [0.25, 0.3) is 0 Å². The molecule has 1 heterocycles. The van der Waals surface area contributed by atoms with Crippen molar-refractivity contribution in [1.29, 1.82) is 0 Å². The first-order chi connectivity index (χ1) is 8.18. The normalized spacial score (nSPS) is 12.6. The number of hydrogen-bond donors (Lipinski definition) is 1. The number of nitrogens with zero attached hydrogens (tertiary/aromatic N) is 2. The second-order valence-corrected chi connectivity index (χ2v) is 4.10. The molecule has 1 N–H and O–H groups in total. The van der Waals surface area contributed by atoms with Gasteiger partial charge in [0.05, 0.1) is 6.10 Å². The summed E-state index contributed by atoms with van der Waals surface area (Å²) in [6.07, 6.45) is 3.47. The molecule has 4 nitrogen and oxygen atoms in total. The van der Waals surface area contributed by atoms with Gasteiger partial charge < -0.3 is 9.67 Å². The summed E-state index contributed by atoms with van der Waals surface area (Å²) < 4.78 is 3.13. The Labute approximate surface area is 99.8 Å². The molecule has 0 saturated carbocycles. The third-order valence-corrected chi connectivity index (χ3v) is 2.85. The molecule has 17 heavy (non-hydrogen) atoms. The van der Waals surface area contributed by atoms with Gasteiger partial charge in [0.2, 0.25) is 0 Å². The van der Waals surface area contributed by atoms with Crippen molar-refractivity contribution >= 4 is 0 Å². The Bertz CT molecular complexity index is 528. The number of rotatable bonds is 4. The van der Waals surface area contributed by atoms with Crippen molar-refractivity contribution in [2.75, 3.05) is 0 Å². The van der Waals surface area contributed by atoms with Gasteiger partial charge in [-0.15, -0.1) is 0 Å². The predicted octanol–water partition coefficient (Wildman–Crippen LogP) is 1.31. The quantitative estimate of drug-likeness (QED) is 0.864. The molecule has 0 bridgehead atoms. The largest absolute Gasteiger partial charge is 0.388 e. The van der Waals surface area contributed by atoms with Crippen LogP contribution in [-0.4, -0.2) is 14.2 Å². The lowest BCUT2D eigenvalue weighted by Gasteiger charge is -2.10. The smallest absolute Gasteiger partial charge is 0.327 e. The van der Waals surface area contributed by atoms with Crippen molar-refractivity contribution in [3.63, 3.8) is 0 Å². The highest BCUT2D eigenvalue weighted by Crippen LogP contribution is 2.16. The maximum absolute atomic E-state index is 11.6. The summed E-state index contributed by atoms with van der Waals surface area (Å²) in [5, 5.41) is 9.96. The van der Waals surface area contributed by atoms with E-state index in [9.17, 15) is 9.90 Å². The van der Waals surface area contributed by atoms with E-state index < -0.39 is 6.10 Å². The van der Waals surface area contributed by atoms with Crippen LogP contribution in [0.15, 0.2) is 47.5 Å². The van der Waals surface area contributed by atoms with Crippen molar-refractivity contribution in [2.24, 2.45) is 7.05 Å². The molecule has 1 atom stereocenters. The molecule has 2 aromatic rings. The molecule has 0 aliphatic heterocycles. The molecule has 1 aromatic carbocycles. The van der Waals surface area contributed by atoms with Crippen molar-refractivity contribution in [2.45, 2.75) is 19.1 Å². The van der Waals surface area contributed by atoms with E-state index in [-0.39, 0.29) is 5.69 Å². The minimum Gasteiger partial charge on any atom is -0.388 e. The second-order valence-electron chi connectivity index (χ2n) is 4.10. The van der Waals surface area contributed by atoms with Crippen LogP contribution in [0.1, 0.15) is 18.1 Å². The summed E-state index contributed by atoms with van der Waals surface area (Å²) in [6.45, 7) is 0.524. The van der Waals surface area contributed by atoms with Gasteiger partial charge >= 0.3 is 5.69 Å². The highest BCUT2D eigenvalue weighted by molar-refractivity contribution is 5.17. The lowest BCUT2D eigenvalue weighted by Crippen LogP contribution is -2.22. The molecular formula is C13H16N2O2. The second kappa shape index (κ2) is 5.01. The number of aliphatic hydroxyl groups is 1. The fourth-order valence-electron chi connectivity index (χ4n) is 1.78. The summed E-state index contributed by atoms with van der Waals surface area (Å²) in [5.74, 6) is 0. The number of aromatic nitrogens is 2. The lowest BCUT2D eigenvalue weighted by molar-refractivity contribution is 0.160. The summed E-state index contributed by atoms with van der Waals surface area (Å²) in [4.78, 5) is 11.6. The van der Waals surface area contributed by atoms with Gasteiger partial charge in [-0.05, 0) is 12.0 Å². The molecule has 0 aliphatic rings. The van der Waals surface area contributed by atoms with Gasteiger partial charge in [-0.3, -0.25) is 4.57 Å². The fourth-order valence-corrected chi connectivity index (χ4v) is 1.78. The SMILES string of the molecule is Cn1ccn(CC[C@@H](O)c2ccccc2)c1=O. The van der Waals surface area contributed by atoms with Crippen LogP contribution in [0.4, 0.5) is 0 Å². The number of hydrogen-bond acceptors (Lipinski definition) is 2. The molecule has 90 valence electrons. The first kappa shape index (κ1) is 11.7. The molecule has 0 fully saturated rings. The van der Waals surface area contributed by atoms with E-state index in [1.54, 1.807) is 24.0 Å². The zero-order valence-electron chi connectivity index (χ0n) is 9.78. The third kappa shape index (κ3) is 2.65. The molecule has 0 saturated heterocycles. The van der Waals surface area contributed by atoms with E-state index in [0.717, 1.165) is 5.56 Å². The Hall–Kier alpha value is -1.81. The first-order valence-electron chi connectivity index (χ1n) is 5.63. The average molecular weight is 232 g/mol. The summed E-state index contributed by atoms with van der Waals surface area (Å²) in [7, 11) is 1.71. The number of benzene rings is 1. The monoisotopic (exact) mass is 232 g/mol. The summed E-state index contributed by atoms with van der Waals surface area (Å²) in [5.41, 5.74) is 0.835. The molecule has 0 aliphatic carbocycles. The van der Waals surface area contributed by atoms with Crippen LogP contribution in [0, 0.1) is 0 Å². The molecule has 0 unspecified atom stereocenters. The molecule has 1 aromatic heterocycles. The van der Waals surface area contributed by atoms with Gasteiger partial charge in [0, 0.05) is 26.0 Å². The van der Waals surface area contributed by atoms with Crippen LogP contribution in [0.3, 0.4) is 0 Å². The summed E-state index contributed by atoms with van der Waals surface area (Å²) >= 11 is 0. The third-order valence-electron chi connectivity index (χ3n) is 2.85. The molecule has 0 amide bonds. The summed E-state index contributed by atoms with van der Waals surface area (Å²) in [6, 6.07) is 9.48. The molecule has 0 spiro atoms. The number of aliphatic hydroxyl groups excluding tert-OH is 1. The molecule has 0 radical (unpaired) electrons. The lowest BCUT2D eigenvalue weighted by atomic mass is 10.1. The van der Waals surface area contributed by atoms with Gasteiger partial charge in [0.25, 0.3) is 0 Å². The van der Waals surface area contributed by atoms with E-state index in [2.05, 4.69) is 0 Å². The van der Waals surface area contributed by atoms with Gasteiger partial charge in [-0.2, -0.15) is 0 Å². The van der Waals surface area contributed by atoms with Crippen molar-refractivity contribution in [3.8, 4) is 0 Å². The highest BCUT2D eigenvalue weighted by Gasteiger charge is 2.08. The Morgan fingerprint density at radius 1 is 1.24 bits per heavy atom. The highest BCUT2D eigenvalue weighted by atomic mass is 16.3. The predicted molar refractivity (Wildman–Crippen MR) is 65.7 cm³/mol. The molecular weight excluding hydrogens is 216 g/mol. The van der Waals surface area contributed by atoms with Gasteiger partial charge in [-0.1, -0.05) is 30.3 Å². The maximum atomic E-state index is 11.6. The van der Waals surface area contributed by atoms with E-state index in [4.69, 9.17) is 0 Å². The van der Waals surface area contributed by atoms with Gasteiger partial charge in [-0.25, -0.2) is 4.79 Å². The van der Waals surface area contributed by atoms with E-state index in [0.29, 0.717) is 13.0 Å². The minimum atomic E-state index is -0.525. The van der Waals surface area contributed by atoms with Crippen molar-refractivity contribution in [1.82, 2.24) is 9.13 Å². The van der Waals surface area contributed by atoms with Gasteiger partial charge in [0.1, 0.15) is 0 Å². The Morgan fingerprint density at radius 3 is 2.53 bits per heavy atom. The Kier molecular flexibility index (Phi) is 3.44. The number of aryl methyl sites for hydroxylation is 2. The van der Waals surface area contributed by atoms with Crippen LogP contribution < -0.4 is 5.69 Å². The molecule has 4 heteroatoms. The fraction of sp³-hybridized carbons (Fsp3) is 0.308. The van der Waals surface area contributed by atoms with E-state index in [1.807, 2.05) is 30.3 Å². The van der Waals surface area contributed by atoms with E-state index in [1.165, 1.54) is 4.57 Å². The van der Waals surface area contributed by atoms with Crippen molar-refractivity contribution in [3.05, 3.63) is 58.8 Å². The zero-order chi connectivity index (χ0) is 12.3. The van der Waals surface area contributed by atoms with E-state index >= 15 is 0 Å². The average Bonchev–Trinajstić information content (AvgIpc) is 2.68. The standard InChI is InChI=1S/C13H16N2O2/c1-14-9-10-15(13(14)17)8-7-12(16)11-5-3-2-4-6-11/h2-6,9-10,12,16H,7-8H2,1H3/t12-/m1/s1. The van der Waals surface area contributed by atoms with Crippen LogP contribution >= 0.6 is 0 Å². The maximum Gasteiger partial charge on any atom is 0.327 e. The van der Waals surface area contributed by atoms with Crippen LogP contribution in [0.5, 0.6) is 0 Å². The van der Waals surface area contributed by atoms with Gasteiger partial charge in [0.15, 0.2) is 0 Å². The molecule has 2 rings (SSSR count). The van der Waals surface area contributed by atoms with Crippen LogP contribution in [0.2, 0.25) is 0 Å². The zero-order valence-corrected chi connectivity index (χ0v) is 9.78. The number of imidazole rings is 1.